The summed E-state index contributed by atoms with van der Waals surface area (Å²) >= 11 is 35.2. The van der Waals surface area contributed by atoms with Crippen LogP contribution in [-0.4, -0.2) is 26.9 Å². The number of rotatable bonds is 2. The van der Waals surface area contributed by atoms with Crippen molar-refractivity contribution in [3.8, 4) is 0 Å². The number of para-hydroxylation sites is 1. The van der Waals surface area contributed by atoms with Crippen LogP contribution < -0.4 is 5.01 Å². The molecule has 4 saturated carbocycles. The van der Waals surface area contributed by atoms with Crippen LogP contribution in [0.3, 0.4) is 0 Å². The summed E-state index contributed by atoms with van der Waals surface area (Å²) in [4.78, 5) is -1.86. The molecule has 2 aromatic carbocycles. The summed E-state index contributed by atoms with van der Waals surface area (Å²) in [7, 11) is 0. The van der Waals surface area contributed by atoms with Crippen LogP contribution in [0.4, 0.5) is 5.69 Å². The third-order valence-corrected chi connectivity index (χ3v) is 12.4. The lowest BCUT2D eigenvalue weighted by atomic mass is 9.49. The fraction of sp³-hybridized carbons (Fsp3) is 0.423. The van der Waals surface area contributed by atoms with E-state index in [0.29, 0.717) is 10.1 Å². The maximum absolute atomic E-state index is 7.34. The number of nitrogens with zero attached hydrogens (tertiary/aromatic N) is 2. The summed E-state index contributed by atoms with van der Waals surface area (Å²) in [6.07, 6.45) is 2.12. The molecule has 1 heterocycles. The van der Waals surface area contributed by atoms with Crippen LogP contribution >= 0.6 is 58.0 Å². The van der Waals surface area contributed by atoms with Crippen molar-refractivity contribution < 1.29 is 0 Å². The van der Waals surface area contributed by atoms with Crippen molar-refractivity contribution in [3.05, 3.63) is 76.3 Å². The second kappa shape index (κ2) is 7.08. The molecule has 0 unspecified atom stereocenters. The maximum Gasteiger partial charge on any atom is 0.103 e. The van der Waals surface area contributed by atoms with Crippen molar-refractivity contribution in [1.29, 1.82) is 0 Å². The molecule has 2 aromatic rings. The molecule has 5 aliphatic carbocycles. The lowest BCUT2D eigenvalue weighted by Crippen LogP contribution is -2.62. The Morgan fingerprint density at radius 1 is 0.788 bits per heavy atom. The van der Waals surface area contributed by atoms with Crippen molar-refractivity contribution in [2.45, 2.75) is 34.0 Å². The van der Waals surface area contributed by atoms with E-state index < -0.39 is 15.1 Å². The van der Waals surface area contributed by atoms with E-state index in [9.17, 15) is 0 Å². The molecule has 8 rings (SSSR count). The van der Waals surface area contributed by atoms with E-state index in [1.54, 1.807) is 0 Å². The minimum atomic E-state index is -0.932. The summed E-state index contributed by atoms with van der Waals surface area (Å²) < 4.78 is 0. The lowest BCUT2D eigenvalue weighted by Gasteiger charge is -2.59. The van der Waals surface area contributed by atoms with Crippen LogP contribution in [0.5, 0.6) is 0 Å². The molecular weight excluding hydrogens is 518 g/mol. The van der Waals surface area contributed by atoms with Crippen LogP contribution in [0, 0.1) is 29.6 Å². The average Bonchev–Trinajstić information content (AvgIpc) is 3.40. The van der Waals surface area contributed by atoms with E-state index in [2.05, 4.69) is 53.5 Å². The highest BCUT2D eigenvalue weighted by Gasteiger charge is 2.81. The molecule has 0 amide bonds. The summed E-state index contributed by atoms with van der Waals surface area (Å²) in [5.74, 6) is 0.892. The molecule has 0 saturated heterocycles. The summed E-state index contributed by atoms with van der Waals surface area (Å²) in [5, 5.41) is 7.85. The highest BCUT2D eigenvalue weighted by molar-refractivity contribution is 6.55. The largest absolute Gasteiger partial charge is 0.261 e. The number of halogens is 5. The Labute approximate surface area is 218 Å². The normalized spacial score (nSPS) is 44.8. The highest BCUT2D eigenvalue weighted by atomic mass is 35.5. The summed E-state index contributed by atoms with van der Waals surface area (Å²) in [6.45, 7) is 0. The molecule has 170 valence electrons. The number of hydrazone groups is 1. The quantitative estimate of drug-likeness (QED) is 0.363. The van der Waals surface area contributed by atoms with Gasteiger partial charge in [-0.3, -0.25) is 5.01 Å². The van der Waals surface area contributed by atoms with E-state index in [1.165, 1.54) is 0 Å². The van der Waals surface area contributed by atoms with Gasteiger partial charge in [-0.2, -0.15) is 5.10 Å². The molecule has 9 atom stereocenters. The first-order chi connectivity index (χ1) is 15.9. The Morgan fingerprint density at radius 2 is 1.33 bits per heavy atom. The van der Waals surface area contributed by atoms with Crippen molar-refractivity contribution in [1.82, 2.24) is 0 Å². The molecule has 0 aromatic heterocycles. The molecule has 7 heteroatoms. The number of allylic oxidation sites excluding steroid dienone is 2. The number of hydrogen-bond acceptors (Lipinski definition) is 2. The van der Waals surface area contributed by atoms with Gasteiger partial charge in [-0.15, -0.1) is 34.8 Å². The highest BCUT2D eigenvalue weighted by Crippen LogP contribution is 2.77. The fourth-order valence-corrected chi connectivity index (χ4v) is 10.5. The zero-order chi connectivity index (χ0) is 22.7. The molecule has 2 nitrogen and oxygen atoms in total. The standard InChI is InChI=1S/C26H21Cl5N2/c27-22-23(28)26(31)19-16-12-11-15(18(19)25(22,30)24(26)29)17-20(13-7-3-1-4-8-13)32-33(21(16)17)14-9-5-2-6-10-14/h1-10,15-19,21,24H,11-12H2/t15-,16-,17-,18+,19-,21-,24-,25+,26-/m1/s1. The second-order valence-electron chi connectivity index (χ2n) is 10.0. The number of benzene rings is 2. The van der Waals surface area contributed by atoms with Gasteiger partial charge in [-0.1, -0.05) is 71.7 Å². The summed E-state index contributed by atoms with van der Waals surface area (Å²) in [5.41, 5.74) is 3.38. The van der Waals surface area contributed by atoms with Gasteiger partial charge in [0, 0.05) is 5.92 Å². The van der Waals surface area contributed by atoms with Gasteiger partial charge in [0.05, 0.1) is 32.9 Å². The van der Waals surface area contributed by atoms with Gasteiger partial charge >= 0.3 is 0 Å². The molecule has 0 radical (unpaired) electrons. The van der Waals surface area contributed by atoms with Crippen LogP contribution in [0.2, 0.25) is 0 Å². The predicted molar refractivity (Wildman–Crippen MR) is 138 cm³/mol. The van der Waals surface area contributed by atoms with Crippen LogP contribution in [0.15, 0.2) is 75.8 Å². The van der Waals surface area contributed by atoms with Gasteiger partial charge in [0.25, 0.3) is 0 Å². The van der Waals surface area contributed by atoms with Crippen molar-refractivity contribution in [2.24, 2.45) is 34.7 Å². The predicted octanol–water partition coefficient (Wildman–Crippen LogP) is 7.45. The fourth-order valence-electron chi connectivity index (χ4n) is 7.84. The number of fused-ring (bicyclic) bond motifs is 3. The Hall–Kier alpha value is -0.900. The Morgan fingerprint density at radius 3 is 1.97 bits per heavy atom. The first-order valence-corrected chi connectivity index (χ1v) is 13.4. The number of hydrogen-bond donors (Lipinski definition) is 0. The minimum absolute atomic E-state index is 0.0608. The van der Waals surface area contributed by atoms with E-state index in [1.807, 2.05) is 12.1 Å². The smallest absolute Gasteiger partial charge is 0.103 e. The number of alkyl halides is 3. The molecule has 0 N–H and O–H groups in total. The van der Waals surface area contributed by atoms with Gasteiger partial charge in [0.1, 0.15) is 9.75 Å². The second-order valence-corrected chi connectivity index (χ2v) is 12.5. The van der Waals surface area contributed by atoms with E-state index in [-0.39, 0.29) is 35.6 Å². The zero-order valence-electron chi connectivity index (χ0n) is 17.5. The Kier molecular flexibility index (Phi) is 4.59. The molecule has 33 heavy (non-hydrogen) atoms. The Balaban J connectivity index is 1.43. The van der Waals surface area contributed by atoms with Gasteiger partial charge in [0.15, 0.2) is 0 Å². The third kappa shape index (κ3) is 2.43. The van der Waals surface area contributed by atoms with Crippen molar-refractivity contribution in [2.75, 3.05) is 5.01 Å². The Bertz CT molecular complexity index is 1200. The van der Waals surface area contributed by atoms with E-state index in [4.69, 9.17) is 63.1 Å². The SMILES string of the molecule is ClC1=C(Cl)[C@]2(Cl)[C@@H]3[C@H]4CC[C@H]([C@@H]5C(c6ccccc6)=NN(c6ccccc6)[C@H]45)[C@@H]3[C@@]1(Cl)[C@H]2Cl. The molecule has 4 bridgehead atoms. The zero-order valence-corrected chi connectivity index (χ0v) is 21.3. The lowest BCUT2D eigenvalue weighted by molar-refractivity contribution is -0.0131. The number of anilines is 1. The van der Waals surface area contributed by atoms with E-state index in [0.717, 1.165) is 29.8 Å². The molecule has 0 spiro atoms. The molecule has 1 aliphatic heterocycles. The topological polar surface area (TPSA) is 15.6 Å². The summed E-state index contributed by atoms with van der Waals surface area (Å²) in [6, 6.07) is 21.1. The van der Waals surface area contributed by atoms with Crippen LogP contribution in [0.25, 0.3) is 0 Å². The maximum atomic E-state index is 7.34. The van der Waals surface area contributed by atoms with Gasteiger partial charge in [0.2, 0.25) is 0 Å². The monoisotopic (exact) mass is 536 g/mol. The first-order valence-electron chi connectivity index (χ1n) is 11.5. The van der Waals surface area contributed by atoms with Gasteiger partial charge in [-0.05, 0) is 54.2 Å². The minimum Gasteiger partial charge on any atom is -0.261 e. The van der Waals surface area contributed by atoms with Gasteiger partial charge < -0.3 is 0 Å². The first kappa shape index (κ1) is 21.4. The van der Waals surface area contributed by atoms with Crippen LogP contribution in [-0.2, 0) is 0 Å². The average molecular weight is 539 g/mol. The molecular formula is C26H21Cl5N2. The van der Waals surface area contributed by atoms with Crippen LogP contribution in [0.1, 0.15) is 18.4 Å². The molecule has 6 aliphatic rings. The van der Waals surface area contributed by atoms with Crippen molar-refractivity contribution >= 4 is 69.4 Å². The van der Waals surface area contributed by atoms with Gasteiger partial charge in [-0.25, -0.2) is 0 Å². The molecule has 4 fully saturated rings. The third-order valence-electron chi connectivity index (χ3n) is 8.89. The van der Waals surface area contributed by atoms with E-state index >= 15 is 0 Å². The van der Waals surface area contributed by atoms with Crippen molar-refractivity contribution in [3.63, 3.8) is 0 Å².